The third-order valence-electron chi connectivity index (χ3n) is 5.38. The zero-order valence-corrected chi connectivity index (χ0v) is 15.0. The maximum atomic E-state index is 12.3. The van der Waals surface area contributed by atoms with E-state index >= 15 is 0 Å². The minimum absolute atomic E-state index is 0.244. The molecule has 1 aromatic rings. The highest BCUT2D eigenvalue weighted by Crippen LogP contribution is 2.26. The van der Waals surface area contributed by atoms with Crippen LogP contribution in [0.2, 0.25) is 0 Å². The van der Waals surface area contributed by atoms with Crippen LogP contribution in [0, 0.1) is 5.92 Å². The molecule has 1 N–H and O–H groups in total. The Hall–Kier alpha value is -0.870. The van der Waals surface area contributed by atoms with Crippen LogP contribution in [0.1, 0.15) is 56.2 Å². The molecular weight excluding hydrogens is 304 g/mol. The van der Waals surface area contributed by atoms with Crippen LogP contribution in [0.3, 0.4) is 0 Å². The van der Waals surface area contributed by atoms with E-state index in [1.165, 1.54) is 69.5 Å². The van der Waals surface area contributed by atoms with Gasteiger partial charge < -0.3 is 10.2 Å². The molecule has 4 heteroatoms. The quantitative estimate of drug-likeness (QED) is 0.857. The lowest BCUT2D eigenvalue weighted by atomic mass is 9.83. The Labute approximate surface area is 144 Å². The fourth-order valence-corrected chi connectivity index (χ4v) is 4.77. The fourth-order valence-electron chi connectivity index (χ4n) is 4.06. The van der Waals surface area contributed by atoms with Gasteiger partial charge in [-0.1, -0.05) is 25.3 Å². The molecule has 1 aliphatic heterocycles. The van der Waals surface area contributed by atoms with Crippen molar-refractivity contribution in [1.82, 2.24) is 10.2 Å². The topological polar surface area (TPSA) is 32.3 Å². The van der Waals surface area contributed by atoms with Gasteiger partial charge in [-0.05, 0) is 62.6 Å². The number of amides is 1. The van der Waals surface area contributed by atoms with Crippen LogP contribution in [0.5, 0.6) is 0 Å². The smallest absolute Gasteiger partial charge is 0.220 e. The van der Waals surface area contributed by atoms with Crippen LogP contribution >= 0.6 is 11.3 Å². The molecular formula is C19H30N2OS. The van der Waals surface area contributed by atoms with Crippen molar-refractivity contribution < 1.29 is 4.79 Å². The Kier molecular flexibility index (Phi) is 6.52. The minimum atomic E-state index is 0.244. The normalized spacial score (nSPS) is 26.1. The van der Waals surface area contributed by atoms with E-state index in [9.17, 15) is 4.79 Å². The van der Waals surface area contributed by atoms with Crippen molar-refractivity contribution in [2.75, 3.05) is 19.6 Å². The molecule has 3 rings (SSSR count). The van der Waals surface area contributed by atoms with E-state index < -0.39 is 0 Å². The first-order valence-corrected chi connectivity index (χ1v) is 10.2. The molecule has 2 heterocycles. The lowest BCUT2D eigenvalue weighted by Gasteiger charge is -2.37. The van der Waals surface area contributed by atoms with E-state index in [0.29, 0.717) is 18.4 Å². The summed E-state index contributed by atoms with van der Waals surface area (Å²) in [6, 6.07) is 4.59. The maximum absolute atomic E-state index is 12.3. The summed E-state index contributed by atoms with van der Waals surface area (Å²) < 4.78 is 0. The van der Waals surface area contributed by atoms with Gasteiger partial charge in [-0.3, -0.25) is 4.79 Å². The van der Waals surface area contributed by atoms with Gasteiger partial charge in [0, 0.05) is 23.9 Å². The van der Waals surface area contributed by atoms with Gasteiger partial charge in [0.1, 0.15) is 0 Å². The summed E-state index contributed by atoms with van der Waals surface area (Å²) >= 11 is 1.75. The van der Waals surface area contributed by atoms with E-state index in [1.54, 1.807) is 11.3 Å². The largest absolute Gasteiger partial charge is 0.353 e. The number of carbonyl (C=O) groups excluding carboxylic acids is 1. The zero-order valence-electron chi connectivity index (χ0n) is 14.1. The molecule has 0 radical (unpaired) electrons. The zero-order chi connectivity index (χ0) is 15.9. The van der Waals surface area contributed by atoms with Gasteiger partial charge in [-0.15, -0.1) is 11.3 Å². The lowest BCUT2D eigenvalue weighted by Crippen LogP contribution is -2.47. The Morgan fingerprint density at radius 2 is 2.00 bits per heavy atom. The average Bonchev–Trinajstić information content (AvgIpc) is 3.09. The second-order valence-corrected chi connectivity index (χ2v) is 8.19. The molecule has 1 saturated carbocycles. The monoisotopic (exact) mass is 334 g/mol. The van der Waals surface area contributed by atoms with Crippen molar-refractivity contribution >= 4 is 17.2 Å². The standard InChI is InChI=1S/C19H30N2OS/c22-19(11-10-17-8-6-14-23-17)20-18-9-3-2-7-16(18)15-21-12-4-1-5-13-21/h6,8,14,16,18H,1-5,7,9-13,15H2,(H,20,22)/t16-,18+/m0/s1. The van der Waals surface area contributed by atoms with Gasteiger partial charge in [-0.25, -0.2) is 0 Å². The number of piperidine rings is 1. The van der Waals surface area contributed by atoms with Crippen molar-refractivity contribution in [1.29, 1.82) is 0 Å². The highest BCUT2D eigenvalue weighted by molar-refractivity contribution is 7.09. The number of likely N-dealkylation sites (tertiary alicyclic amines) is 1. The summed E-state index contributed by atoms with van der Waals surface area (Å²) in [4.78, 5) is 16.3. The first-order chi connectivity index (χ1) is 11.3. The Morgan fingerprint density at radius 3 is 2.78 bits per heavy atom. The average molecular weight is 335 g/mol. The molecule has 0 aromatic carbocycles. The van der Waals surface area contributed by atoms with Crippen LogP contribution in [-0.2, 0) is 11.2 Å². The van der Waals surface area contributed by atoms with Gasteiger partial charge in [0.2, 0.25) is 5.91 Å². The second-order valence-electron chi connectivity index (χ2n) is 7.16. The van der Waals surface area contributed by atoms with Gasteiger partial charge in [0.25, 0.3) is 0 Å². The number of nitrogens with zero attached hydrogens (tertiary/aromatic N) is 1. The molecule has 3 nitrogen and oxygen atoms in total. The Bertz CT molecular complexity index is 468. The number of carbonyl (C=O) groups is 1. The number of rotatable bonds is 6. The fraction of sp³-hybridized carbons (Fsp3) is 0.737. The highest BCUT2D eigenvalue weighted by atomic mass is 32.1. The van der Waals surface area contributed by atoms with Gasteiger partial charge in [0.05, 0.1) is 0 Å². The van der Waals surface area contributed by atoms with Crippen molar-refractivity contribution in [3.63, 3.8) is 0 Å². The van der Waals surface area contributed by atoms with E-state index in [1.807, 2.05) is 0 Å². The van der Waals surface area contributed by atoms with Crippen molar-refractivity contribution in [3.8, 4) is 0 Å². The van der Waals surface area contributed by atoms with Crippen LogP contribution in [0.15, 0.2) is 17.5 Å². The molecule has 2 fully saturated rings. The number of thiophene rings is 1. The van der Waals surface area contributed by atoms with Crippen LogP contribution in [0.25, 0.3) is 0 Å². The van der Waals surface area contributed by atoms with E-state index in [4.69, 9.17) is 0 Å². The van der Waals surface area contributed by atoms with Gasteiger partial charge in [0.15, 0.2) is 0 Å². The second kappa shape index (κ2) is 8.84. The molecule has 1 saturated heterocycles. The molecule has 2 aliphatic rings. The molecule has 1 amide bonds. The van der Waals surface area contributed by atoms with E-state index in [0.717, 1.165) is 6.42 Å². The van der Waals surface area contributed by atoms with Gasteiger partial charge >= 0.3 is 0 Å². The van der Waals surface area contributed by atoms with Crippen molar-refractivity contribution in [2.24, 2.45) is 5.92 Å². The van der Waals surface area contributed by atoms with E-state index in [2.05, 4.69) is 27.7 Å². The molecule has 1 aromatic heterocycles. The number of hydrogen-bond donors (Lipinski definition) is 1. The number of nitrogens with one attached hydrogen (secondary N) is 1. The summed E-state index contributed by atoms with van der Waals surface area (Å²) in [5.41, 5.74) is 0. The molecule has 0 bridgehead atoms. The van der Waals surface area contributed by atoms with Gasteiger partial charge in [-0.2, -0.15) is 0 Å². The van der Waals surface area contributed by atoms with E-state index in [-0.39, 0.29) is 5.91 Å². The lowest BCUT2D eigenvalue weighted by molar-refractivity contribution is -0.122. The van der Waals surface area contributed by atoms with Crippen LogP contribution in [0.4, 0.5) is 0 Å². The molecule has 0 spiro atoms. The Morgan fingerprint density at radius 1 is 1.17 bits per heavy atom. The van der Waals surface area contributed by atoms with Crippen molar-refractivity contribution in [2.45, 2.75) is 63.8 Å². The summed E-state index contributed by atoms with van der Waals surface area (Å²) in [5, 5.41) is 5.45. The third kappa shape index (κ3) is 5.32. The maximum Gasteiger partial charge on any atom is 0.220 e. The predicted octanol–water partition coefficient (Wildman–Crippen LogP) is 3.84. The first kappa shape index (κ1) is 17.0. The highest BCUT2D eigenvalue weighted by Gasteiger charge is 2.28. The SMILES string of the molecule is O=C(CCc1cccs1)N[C@@H]1CCCC[C@H]1CN1CCCCC1. The summed E-state index contributed by atoms with van der Waals surface area (Å²) in [5.74, 6) is 0.904. The molecule has 0 unspecified atom stereocenters. The Balaban J connectivity index is 1.46. The van der Waals surface area contributed by atoms with Crippen LogP contribution in [-0.4, -0.2) is 36.5 Å². The molecule has 2 atom stereocenters. The summed E-state index contributed by atoms with van der Waals surface area (Å²) in [6.07, 6.45) is 10.7. The van der Waals surface area contributed by atoms with Crippen molar-refractivity contribution in [3.05, 3.63) is 22.4 Å². The summed E-state index contributed by atoms with van der Waals surface area (Å²) in [6.45, 7) is 3.71. The third-order valence-corrected chi connectivity index (χ3v) is 6.31. The molecule has 128 valence electrons. The van der Waals surface area contributed by atoms with Crippen LogP contribution < -0.4 is 5.32 Å². The first-order valence-electron chi connectivity index (χ1n) is 9.35. The molecule has 1 aliphatic carbocycles. The molecule has 23 heavy (non-hydrogen) atoms. The number of aryl methyl sites for hydroxylation is 1. The minimum Gasteiger partial charge on any atom is -0.353 e. The summed E-state index contributed by atoms with van der Waals surface area (Å²) in [7, 11) is 0. The predicted molar refractivity (Wildman–Crippen MR) is 96.8 cm³/mol. The number of hydrogen-bond acceptors (Lipinski definition) is 3.